The highest BCUT2D eigenvalue weighted by molar-refractivity contribution is 9.10. The number of thioether (sulfide) groups is 1. The third-order valence-electron chi connectivity index (χ3n) is 3.93. The number of methoxy groups -OCH3 is 1. The summed E-state index contributed by atoms with van der Waals surface area (Å²) in [4.78, 5) is 36.7. The van der Waals surface area contributed by atoms with E-state index in [0.717, 1.165) is 16.7 Å². The second-order valence-corrected chi connectivity index (χ2v) is 7.80. The number of halogens is 2. The number of hydrogen-bond donors (Lipinski definition) is 0. The number of amides is 2. The van der Waals surface area contributed by atoms with E-state index in [1.807, 2.05) is 0 Å². The minimum Gasteiger partial charge on any atom is -0.488 e. The molecule has 29 heavy (non-hydrogen) atoms. The maximum absolute atomic E-state index is 13.2. The summed E-state index contributed by atoms with van der Waals surface area (Å²) < 4.78 is 24.1. The van der Waals surface area contributed by atoms with Crippen LogP contribution in [-0.4, -0.2) is 35.7 Å². The molecule has 1 heterocycles. The first-order valence-corrected chi connectivity index (χ1v) is 9.97. The van der Waals surface area contributed by atoms with Gasteiger partial charge in [-0.05, 0) is 69.2 Å². The van der Waals surface area contributed by atoms with Gasteiger partial charge in [0.2, 0.25) is 0 Å². The van der Waals surface area contributed by atoms with Crippen LogP contribution in [-0.2, 0) is 20.9 Å². The van der Waals surface area contributed by atoms with Gasteiger partial charge in [-0.25, -0.2) is 4.39 Å². The lowest BCUT2D eigenvalue weighted by atomic mass is 10.2. The quantitative estimate of drug-likeness (QED) is 0.452. The van der Waals surface area contributed by atoms with E-state index in [9.17, 15) is 18.8 Å². The van der Waals surface area contributed by atoms with Gasteiger partial charge in [-0.15, -0.1) is 0 Å². The summed E-state index contributed by atoms with van der Waals surface area (Å²) in [5.74, 6) is -1.00. The fraction of sp³-hybridized carbons (Fsp3) is 0.150. The van der Waals surface area contributed by atoms with Gasteiger partial charge in [-0.1, -0.05) is 18.2 Å². The molecule has 0 spiro atoms. The molecule has 9 heteroatoms. The van der Waals surface area contributed by atoms with Crippen LogP contribution in [0.5, 0.6) is 5.75 Å². The summed E-state index contributed by atoms with van der Waals surface area (Å²) in [6.07, 6.45) is 1.56. The van der Waals surface area contributed by atoms with Crippen molar-refractivity contribution in [2.24, 2.45) is 0 Å². The number of hydrogen-bond acceptors (Lipinski definition) is 6. The van der Waals surface area contributed by atoms with E-state index in [-0.39, 0.29) is 17.3 Å². The van der Waals surface area contributed by atoms with Crippen molar-refractivity contribution in [2.45, 2.75) is 6.61 Å². The van der Waals surface area contributed by atoms with Crippen LogP contribution in [0.15, 0.2) is 51.8 Å². The van der Waals surface area contributed by atoms with Crippen LogP contribution in [0.4, 0.5) is 9.18 Å². The zero-order valence-electron chi connectivity index (χ0n) is 15.2. The Labute approximate surface area is 178 Å². The lowest BCUT2D eigenvalue weighted by Crippen LogP contribution is -2.34. The highest BCUT2D eigenvalue weighted by Crippen LogP contribution is 2.34. The van der Waals surface area contributed by atoms with Crippen LogP contribution in [0.25, 0.3) is 6.08 Å². The van der Waals surface area contributed by atoms with E-state index in [1.165, 1.54) is 19.2 Å². The molecule has 0 atom stereocenters. The summed E-state index contributed by atoms with van der Waals surface area (Å²) in [6, 6.07) is 11.3. The van der Waals surface area contributed by atoms with E-state index >= 15 is 0 Å². The van der Waals surface area contributed by atoms with Gasteiger partial charge in [0.15, 0.2) is 0 Å². The Morgan fingerprint density at radius 2 is 2.03 bits per heavy atom. The average Bonchev–Trinajstić information content (AvgIpc) is 2.94. The second kappa shape index (κ2) is 9.23. The van der Waals surface area contributed by atoms with Gasteiger partial charge in [-0.2, -0.15) is 0 Å². The summed E-state index contributed by atoms with van der Waals surface area (Å²) >= 11 is 4.16. The number of nitrogens with zero attached hydrogens (tertiary/aromatic N) is 1. The number of ether oxygens (including phenoxy) is 2. The minimum atomic E-state index is -0.670. The topological polar surface area (TPSA) is 72.9 Å². The van der Waals surface area contributed by atoms with Gasteiger partial charge >= 0.3 is 5.97 Å². The zero-order chi connectivity index (χ0) is 21.0. The molecule has 2 amide bonds. The van der Waals surface area contributed by atoms with Crippen molar-refractivity contribution in [3.8, 4) is 5.75 Å². The van der Waals surface area contributed by atoms with Crippen molar-refractivity contribution in [1.29, 1.82) is 0 Å². The third kappa shape index (κ3) is 5.24. The number of imide groups is 1. The Kier molecular flexibility index (Phi) is 6.71. The molecule has 1 aliphatic heterocycles. The molecule has 150 valence electrons. The van der Waals surface area contributed by atoms with Crippen molar-refractivity contribution in [3.63, 3.8) is 0 Å². The van der Waals surface area contributed by atoms with E-state index in [1.54, 1.807) is 36.4 Å². The van der Waals surface area contributed by atoms with E-state index in [4.69, 9.17) is 4.74 Å². The summed E-state index contributed by atoms with van der Waals surface area (Å²) in [7, 11) is 1.19. The molecule has 2 aromatic carbocycles. The lowest BCUT2D eigenvalue weighted by Gasteiger charge is -2.10. The number of carbonyl (C=O) groups is 3. The largest absolute Gasteiger partial charge is 0.488 e. The van der Waals surface area contributed by atoms with Gasteiger partial charge < -0.3 is 9.47 Å². The molecule has 0 aliphatic carbocycles. The smallest absolute Gasteiger partial charge is 0.325 e. The number of rotatable bonds is 6. The molecule has 0 unspecified atom stereocenters. The Morgan fingerprint density at radius 1 is 1.24 bits per heavy atom. The predicted octanol–water partition coefficient (Wildman–Crippen LogP) is 4.38. The third-order valence-corrected chi connectivity index (χ3v) is 5.45. The van der Waals surface area contributed by atoms with Crippen LogP contribution in [0.3, 0.4) is 0 Å². The molecule has 0 aromatic heterocycles. The van der Waals surface area contributed by atoms with E-state index < -0.39 is 23.7 Å². The summed E-state index contributed by atoms with van der Waals surface area (Å²) in [6.45, 7) is -0.225. The molecular formula is C20H15BrFNO5S. The van der Waals surface area contributed by atoms with Gasteiger partial charge in [0, 0.05) is 0 Å². The number of esters is 1. The Hall–Kier alpha value is -2.65. The van der Waals surface area contributed by atoms with Gasteiger partial charge in [0.25, 0.3) is 11.1 Å². The fourth-order valence-corrected chi connectivity index (χ4v) is 3.84. The van der Waals surface area contributed by atoms with Crippen molar-refractivity contribution in [3.05, 3.63) is 68.8 Å². The molecule has 6 nitrogen and oxygen atoms in total. The molecule has 1 saturated heterocycles. The highest BCUT2D eigenvalue weighted by Gasteiger charge is 2.36. The monoisotopic (exact) mass is 479 g/mol. The first-order valence-electron chi connectivity index (χ1n) is 8.36. The Balaban J connectivity index is 1.70. The Bertz CT molecular complexity index is 1010. The maximum Gasteiger partial charge on any atom is 0.325 e. The summed E-state index contributed by atoms with van der Waals surface area (Å²) in [5.41, 5.74) is 1.36. The zero-order valence-corrected chi connectivity index (χ0v) is 17.6. The predicted molar refractivity (Wildman–Crippen MR) is 110 cm³/mol. The second-order valence-electron chi connectivity index (χ2n) is 5.95. The van der Waals surface area contributed by atoms with E-state index in [2.05, 4.69) is 20.7 Å². The van der Waals surface area contributed by atoms with Crippen LogP contribution in [0, 0.1) is 5.82 Å². The molecule has 0 radical (unpaired) electrons. The van der Waals surface area contributed by atoms with Crippen LogP contribution >= 0.6 is 27.7 Å². The standard InChI is InChI=1S/C20H15BrFNO5S/c1-27-18(24)10-23-19(25)17(29-20(23)26)9-12-5-6-16(15(21)8-12)28-11-13-3-2-4-14(22)7-13/h2-9H,10-11H2,1H3. The molecule has 0 N–H and O–H groups in total. The van der Waals surface area contributed by atoms with Crippen LogP contribution in [0.2, 0.25) is 0 Å². The molecule has 3 rings (SSSR count). The van der Waals surface area contributed by atoms with Gasteiger partial charge in [0.1, 0.15) is 24.7 Å². The van der Waals surface area contributed by atoms with Gasteiger partial charge in [0.05, 0.1) is 16.5 Å². The number of benzene rings is 2. The molecule has 0 saturated carbocycles. The first-order chi connectivity index (χ1) is 13.9. The van der Waals surface area contributed by atoms with Crippen molar-refractivity contribution < 1.29 is 28.2 Å². The first kappa shape index (κ1) is 21.1. The molecular weight excluding hydrogens is 465 g/mol. The lowest BCUT2D eigenvalue weighted by molar-refractivity contribution is -0.143. The maximum atomic E-state index is 13.2. The molecule has 1 aliphatic rings. The van der Waals surface area contributed by atoms with Gasteiger partial charge in [-0.3, -0.25) is 19.3 Å². The Morgan fingerprint density at radius 3 is 2.72 bits per heavy atom. The normalized spacial score (nSPS) is 15.1. The van der Waals surface area contributed by atoms with Crippen molar-refractivity contribution >= 4 is 50.9 Å². The van der Waals surface area contributed by atoms with Crippen molar-refractivity contribution in [1.82, 2.24) is 4.90 Å². The van der Waals surface area contributed by atoms with Crippen molar-refractivity contribution in [2.75, 3.05) is 13.7 Å². The molecule has 2 aromatic rings. The average molecular weight is 480 g/mol. The van der Waals surface area contributed by atoms with Crippen LogP contribution < -0.4 is 4.74 Å². The van der Waals surface area contributed by atoms with E-state index in [0.29, 0.717) is 21.3 Å². The minimum absolute atomic E-state index is 0.197. The number of carbonyl (C=O) groups excluding carboxylic acids is 3. The SMILES string of the molecule is COC(=O)CN1C(=O)SC(=Cc2ccc(OCc3cccc(F)c3)c(Br)c2)C1=O. The fourth-order valence-electron chi connectivity index (χ4n) is 2.49. The highest BCUT2D eigenvalue weighted by atomic mass is 79.9. The molecule has 0 bridgehead atoms. The summed E-state index contributed by atoms with van der Waals surface area (Å²) in [5, 5.41) is -0.527. The van der Waals surface area contributed by atoms with Crippen LogP contribution in [0.1, 0.15) is 11.1 Å². The molecule has 1 fully saturated rings.